The van der Waals surface area contributed by atoms with E-state index in [1.165, 1.54) is 32.1 Å². The zero-order valence-electron chi connectivity index (χ0n) is 14.2. The van der Waals surface area contributed by atoms with Crippen molar-refractivity contribution < 1.29 is 19.0 Å². The van der Waals surface area contributed by atoms with Gasteiger partial charge in [-0.2, -0.15) is 0 Å². The number of unbranched alkanes of at least 4 members (excludes halogenated alkanes) is 4. The minimum Gasteiger partial charge on any atom is -0.459 e. The Balaban J connectivity index is 1.48. The predicted octanol–water partition coefficient (Wildman–Crippen LogP) is 3.96. The van der Waals surface area contributed by atoms with E-state index in [-0.39, 0.29) is 18.2 Å². The van der Waals surface area contributed by atoms with Crippen molar-refractivity contribution in [1.29, 1.82) is 0 Å². The van der Waals surface area contributed by atoms with Gasteiger partial charge in [0.15, 0.2) is 5.79 Å². The maximum atomic E-state index is 11.9. The van der Waals surface area contributed by atoms with Gasteiger partial charge in [-0.1, -0.05) is 39.0 Å². The average Bonchev–Trinajstić information content (AvgIpc) is 3.08. The Morgan fingerprint density at radius 3 is 2.64 bits per heavy atom. The highest BCUT2D eigenvalue weighted by Gasteiger charge is 2.63. The van der Waals surface area contributed by atoms with Crippen LogP contribution in [0.1, 0.15) is 78.6 Å². The standard InChI is InChI=1S/C18H30O4/c1-4-5-6-7-8-9-13-10-11-18(21-13)12-14-15(22-18)17(2,3)16(19)20-14/h13-15H,4-12H2,1-3H3/t13-,14-,15+,18-/m1/s1. The molecule has 3 rings (SSSR count). The molecule has 0 aromatic carbocycles. The largest absolute Gasteiger partial charge is 0.459 e. The molecule has 3 aliphatic heterocycles. The summed E-state index contributed by atoms with van der Waals surface area (Å²) in [5.41, 5.74) is -0.546. The minimum atomic E-state index is -0.546. The lowest BCUT2D eigenvalue weighted by atomic mass is 9.87. The van der Waals surface area contributed by atoms with Gasteiger partial charge in [0.1, 0.15) is 12.2 Å². The van der Waals surface area contributed by atoms with Gasteiger partial charge in [0.25, 0.3) is 0 Å². The third kappa shape index (κ3) is 2.92. The molecule has 0 amide bonds. The summed E-state index contributed by atoms with van der Waals surface area (Å²) >= 11 is 0. The number of hydrogen-bond donors (Lipinski definition) is 0. The topological polar surface area (TPSA) is 44.8 Å². The van der Waals surface area contributed by atoms with Crippen LogP contribution in [-0.4, -0.2) is 30.1 Å². The smallest absolute Gasteiger partial charge is 0.314 e. The molecule has 0 unspecified atom stereocenters. The summed E-state index contributed by atoms with van der Waals surface area (Å²) in [4.78, 5) is 11.9. The van der Waals surface area contributed by atoms with Crippen molar-refractivity contribution in [2.24, 2.45) is 5.41 Å². The van der Waals surface area contributed by atoms with Crippen LogP contribution in [0, 0.1) is 5.41 Å². The lowest BCUT2D eigenvalue weighted by molar-refractivity contribution is -0.228. The van der Waals surface area contributed by atoms with E-state index in [4.69, 9.17) is 14.2 Å². The van der Waals surface area contributed by atoms with E-state index >= 15 is 0 Å². The molecule has 0 saturated carbocycles. The Morgan fingerprint density at radius 1 is 1.14 bits per heavy atom. The Labute approximate surface area is 133 Å². The maximum absolute atomic E-state index is 11.9. The second-order valence-corrected chi connectivity index (χ2v) is 7.80. The highest BCUT2D eigenvalue weighted by molar-refractivity contribution is 5.79. The van der Waals surface area contributed by atoms with E-state index in [2.05, 4.69) is 6.92 Å². The van der Waals surface area contributed by atoms with Crippen LogP contribution in [0.2, 0.25) is 0 Å². The number of ether oxygens (including phenoxy) is 3. The van der Waals surface area contributed by atoms with Crippen LogP contribution >= 0.6 is 0 Å². The van der Waals surface area contributed by atoms with Crippen LogP contribution in [0.5, 0.6) is 0 Å². The molecule has 0 radical (unpaired) electrons. The molecule has 3 saturated heterocycles. The first-order chi connectivity index (χ1) is 10.5. The van der Waals surface area contributed by atoms with Crippen molar-refractivity contribution in [3.8, 4) is 0 Å². The zero-order valence-corrected chi connectivity index (χ0v) is 14.2. The van der Waals surface area contributed by atoms with E-state index in [0.29, 0.717) is 12.5 Å². The van der Waals surface area contributed by atoms with E-state index < -0.39 is 11.2 Å². The van der Waals surface area contributed by atoms with Gasteiger partial charge in [-0.15, -0.1) is 0 Å². The van der Waals surface area contributed by atoms with Crippen LogP contribution in [0.25, 0.3) is 0 Å². The number of rotatable bonds is 6. The van der Waals surface area contributed by atoms with Crippen LogP contribution in [0.15, 0.2) is 0 Å². The lowest BCUT2D eigenvalue weighted by Crippen LogP contribution is -2.37. The van der Waals surface area contributed by atoms with Gasteiger partial charge in [0, 0.05) is 12.8 Å². The average molecular weight is 310 g/mol. The van der Waals surface area contributed by atoms with Gasteiger partial charge >= 0.3 is 5.97 Å². The zero-order chi connectivity index (χ0) is 15.8. The Bertz CT molecular complexity index is 419. The third-order valence-corrected chi connectivity index (χ3v) is 5.55. The van der Waals surface area contributed by atoms with Crippen molar-refractivity contribution in [2.45, 2.75) is 103 Å². The molecule has 3 aliphatic rings. The normalized spacial score (nSPS) is 39.4. The van der Waals surface area contributed by atoms with Crippen molar-refractivity contribution in [3.63, 3.8) is 0 Å². The van der Waals surface area contributed by atoms with Crippen LogP contribution in [-0.2, 0) is 19.0 Å². The van der Waals surface area contributed by atoms with Gasteiger partial charge in [-0.25, -0.2) is 0 Å². The number of esters is 1. The molecule has 0 aromatic heterocycles. The molecule has 0 bridgehead atoms. The molecule has 4 atom stereocenters. The van der Waals surface area contributed by atoms with E-state index in [1.807, 2.05) is 13.8 Å². The van der Waals surface area contributed by atoms with E-state index in [0.717, 1.165) is 19.3 Å². The number of hydrogen-bond acceptors (Lipinski definition) is 4. The van der Waals surface area contributed by atoms with Crippen molar-refractivity contribution >= 4 is 5.97 Å². The molecule has 3 fully saturated rings. The molecular weight excluding hydrogens is 280 g/mol. The fourth-order valence-electron chi connectivity index (χ4n) is 4.11. The highest BCUT2D eigenvalue weighted by atomic mass is 16.7. The predicted molar refractivity (Wildman–Crippen MR) is 83.4 cm³/mol. The first-order valence-electron chi connectivity index (χ1n) is 9.03. The van der Waals surface area contributed by atoms with Gasteiger partial charge < -0.3 is 14.2 Å². The minimum absolute atomic E-state index is 0.120. The maximum Gasteiger partial charge on any atom is 0.314 e. The van der Waals surface area contributed by atoms with Crippen LogP contribution in [0.4, 0.5) is 0 Å². The molecule has 4 heteroatoms. The summed E-state index contributed by atoms with van der Waals surface area (Å²) in [5, 5.41) is 0. The molecule has 0 N–H and O–H groups in total. The summed E-state index contributed by atoms with van der Waals surface area (Å²) < 4.78 is 18.0. The molecular formula is C18H30O4. The molecule has 4 nitrogen and oxygen atoms in total. The van der Waals surface area contributed by atoms with Gasteiger partial charge in [0.2, 0.25) is 0 Å². The third-order valence-electron chi connectivity index (χ3n) is 5.55. The van der Waals surface area contributed by atoms with E-state index in [1.54, 1.807) is 0 Å². The molecule has 22 heavy (non-hydrogen) atoms. The molecule has 0 aliphatic carbocycles. The number of carbonyl (C=O) groups excluding carboxylic acids is 1. The lowest BCUT2D eigenvalue weighted by Gasteiger charge is -2.28. The molecule has 3 heterocycles. The second kappa shape index (κ2) is 6.12. The Morgan fingerprint density at radius 2 is 1.91 bits per heavy atom. The van der Waals surface area contributed by atoms with Crippen molar-refractivity contribution in [3.05, 3.63) is 0 Å². The first-order valence-corrected chi connectivity index (χ1v) is 9.03. The summed E-state index contributed by atoms with van der Waals surface area (Å²) in [6.45, 7) is 6.07. The van der Waals surface area contributed by atoms with Crippen molar-refractivity contribution in [2.75, 3.05) is 0 Å². The van der Waals surface area contributed by atoms with Crippen LogP contribution in [0.3, 0.4) is 0 Å². The van der Waals surface area contributed by atoms with Gasteiger partial charge in [-0.05, 0) is 26.7 Å². The summed E-state index contributed by atoms with van der Waals surface area (Å²) in [6, 6.07) is 0. The molecule has 1 spiro atoms. The summed E-state index contributed by atoms with van der Waals surface area (Å²) in [6.07, 6.45) is 10.4. The summed E-state index contributed by atoms with van der Waals surface area (Å²) in [7, 11) is 0. The van der Waals surface area contributed by atoms with E-state index in [9.17, 15) is 4.79 Å². The van der Waals surface area contributed by atoms with Gasteiger partial charge in [-0.3, -0.25) is 4.79 Å². The number of fused-ring (bicyclic) bond motifs is 1. The quantitative estimate of drug-likeness (QED) is 0.550. The Kier molecular flexibility index (Phi) is 4.52. The Hall–Kier alpha value is -0.610. The SMILES string of the molecule is CCCCCCC[C@@H]1CC[C@@]2(C[C@H]3OC(=O)C(C)(C)[C@H]3O2)O1. The fourth-order valence-corrected chi connectivity index (χ4v) is 4.11. The van der Waals surface area contributed by atoms with Crippen LogP contribution < -0.4 is 0 Å². The number of carbonyl (C=O) groups is 1. The molecule has 126 valence electrons. The molecule has 0 aromatic rings. The van der Waals surface area contributed by atoms with Gasteiger partial charge in [0.05, 0.1) is 11.5 Å². The monoisotopic (exact) mass is 310 g/mol. The second-order valence-electron chi connectivity index (χ2n) is 7.80. The van der Waals surface area contributed by atoms with Crippen molar-refractivity contribution in [1.82, 2.24) is 0 Å². The summed E-state index contributed by atoms with van der Waals surface area (Å²) in [5.74, 6) is -0.621. The highest BCUT2D eigenvalue weighted by Crippen LogP contribution is 2.51. The first kappa shape index (κ1) is 16.3. The fraction of sp³-hybridized carbons (Fsp3) is 0.944.